The molecule has 0 aliphatic rings. The summed E-state index contributed by atoms with van der Waals surface area (Å²) in [4.78, 5) is 23.5. The molecule has 0 atom stereocenters. The van der Waals surface area contributed by atoms with E-state index < -0.39 is 0 Å². The van der Waals surface area contributed by atoms with Gasteiger partial charge in [0.2, 0.25) is 11.8 Å². The lowest BCUT2D eigenvalue weighted by Gasteiger charge is -2.19. The summed E-state index contributed by atoms with van der Waals surface area (Å²) < 4.78 is 11.0. The molecule has 0 aliphatic carbocycles. The zero-order chi connectivity index (χ0) is 21.4. The number of anilines is 2. The van der Waals surface area contributed by atoms with E-state index in [1.807, 2.05) is 12.1 Å². The summed E-state index contributed by atoms with van der Waals surface area (Å²) in [5, 5.41) is 5.51. The molecule has 0 fully saturated rings. The number of methoxy groups -OCH3 is 1. The molecule has 0 radical (unpaired) electrons. The first-order valence-electron chi connectivity index (χ1n) is 9.68. The van der Waals surface area contributed by atoms with Crippen LogP contribution in [0.4, 0.5) is 11.4 Å². The molecule has 2 N–H and O–H groups in total. The van der Waals surface area contributed by atoms with Crippen LogP contribution in [-0.4, -0.2) is 25.5 Å². The molecule has 2 amide bonds. The normalized spacial score (nSPS) is 10.9. The number of amides is 2. The molecule has 0 saturated carbocycles. The van der Waals surface area contributed by atoms with Crippen LogP contribution in [0.3, 0.4) is 0 Å². The van der Waals surface area contributed by atoms with Crippen LogP contribution in [0.1, 0.15) is 46.1 Å². The van der Waals surface area contributed by atoms with Crippen LogP contribution >= 0.6 is 0 Å². The molecule has 0 spiro atoms. The van der Waals surface area contributed by atoms with E-state index >= 15 is 0 Å². The van der Waals surface area contributed by atoms with Gasteiger partial charge < -0.3 is 20.1 Å². The molecule has 0 aliphatic heterocycles. The Hall–Kier alpha value is -3.02. The summed E-state index contributed by atoms with van der Waals surface area (Å²) in [6.07, 6.45) is 0.897. The smallest absolute Gasteiger partial charge is 0.224 e. The standard InChI is InChI=1S/C23H30N2O4/c1-16(26)24-18-10-13-21(28-5)20(15-18)25-22(27)7-6-14-29-19-11-8-17(9-12-19)23(2,3)4/h8-13,15H,6-7,14H2,1-5H3,(H,24,26)(H,25,27). The molecular weight excluding hydrogens is 368 g/mol. The van der Waals surface area contributed by atoms with Crippen LogP contribution in [-0.2, 0) is 15.0 Å². The molecule has 2 aromatic carbocycles. The maximum Gasteiger partial charge on any atom is 0.224 e. The van der Waals surface area contributed by atoms with Crippen LogP contribution in [0.25, 0.3) is 0 Å². The second-order valence-electron chi connectivity index (χ2n) is 7.87. The maximum absolute atomic E-state index is 12.3. The molecule has 6 heteroatoms. The lowest BCUT2D eigenvalue weighted by molar-refractivity contribution is -0.116. The minimum Gasteiger partial charge on any atom is -0.495 e. The number of rotatable bonds is 8. The van der Waals surface area contributed by atoms with Crippen LogP contribution in [0, 0.1) is 0 Å². The summed E-state index contributed by atoms with van der Waals surface area (Å²) >= 11 is 0. The minimum absolute atomic E-state index is 0.106. The van der Waals surface area contributed by atoms with E-state index in [2.05, 4.69) is 43.5 Å². The Bertz CT molecular complexity index is 839. The summed E-state index contributed by atoms with van der Waals surface area (Å²) in [5.41, 5.74) is 2.47. The van der Waals surface area contributed by atoms with Gasteiger partial charge in [-0.1, -0.05) is 32.9 Å². The zero-order valence-electron chi connectivity index (χ0n) is 17.8. The second kappa shape index (κ2) is 9.96. The second-order valence-corrected chi connectivity index (χ2v) is 7.87. The molecule has 29 heavy (non-hydrogen) atoms. The van der Waals surface area contributed by atoms with Gasteiger partial charge in [-0.3, -0.25) is 9.59 Å². The molecule has 0 saturated heterocycles. The molecule has 6 nitrogen and oxygen atoms in total. The third-order valence-corrected chi connectivity index (χ3v) is 4.33. The van der Waals surface area contributed by atoms with Crippen molar-refractivity contribution in [2.45, 2.75) is 46.0 Å². The number of benzene rings is 2. The summed E-state index contributed by atoms with van der Waals surface area (Å²) in [7, 11) is 1.53. The Morgan fingerprint density at radius 1 is 1.00 bits per heavy atom. The highest BCUT2D eigenvalue weighted by molar-refractivity contribution is 5.94. The Labute approximate surface area is 172 Å². The molecule has 2 aromatic rings. The van der Waals surface area contributed by atoms with Crippen molar-refractivity contribution in [3.8, 4) is 11.5 Å². The topological polar surface area (TPSA) is 76.7 Å². The van der Waals surface area contributed by atoms with Crippen molar-refractivity contribution >= 4 is 23.2 Å². The zero-order valence-corrected chi connectivity index (χ0v) is 17.8. The molecule has 0 heterocycles. The Morgan fingerprint density at radius 2 is 1.69 bits per heavy atom. The fourth-order valence-corrected chi connectivity index (χ4v) is 2.77. The molecule has 0 unspecified atom stereocenters. The number of ether oxygens (including phenoxy) is 2. The van der Waals surface area contributed by atoms with Gasteiger partial charge in [0.25, 0.3) is 0 Å². The average molecular weight is 399 g/mol. The lowest BCUT2D eigenvalue weighted by atomic mass is 9.87. The van der Waals surface area contributed by atoms with E-state index in [-0.39, 0.29) is 17.2 Å². The van der Waals surface area contributed by atoms with E-state index in [1.165, 1.54) is 19.6 Å². The number of hydrogen-bond acceptors (Lipinski definition) is 4. The number of nitrogens with one attached hydrogen (secondary N) is 2. The van der Waals surface area contributed by atoms with E-state index in [1.54, 1.807) is 18.2 Å². The predicted molar refractivity (Wildman–Crippen MR) is 116 cm³/mol. The minimum atomic E-state index is -0.180. The predicted octanol–water partition coefficient (Wildman–Crippen LogP) is 4.75. The van der Waals surface area contributed by atoms with Crippen molar-refractivity contribution in [2.24, 2.45) is 0 Å². The van der Waals surface area contributed by atoms with E-state index in [4.69, 9.17) is 9.47 Å². The maximum atomic E-state index is 12.3. The van der Waals surface area contributed by atoms with Crippen LogP contribution in [0.5, 0.6) is 11.5 Å². The third-order valence-electron chi connectivity index (χ3n) is 4.33. The fraction of sp³-hybridized carbons (Fsp3) is 0.391. The summed E-state index contributed by atoms with van der Waals surface area (Å²) in [6, 6.07) is 13.1. The number of hydrogen-bond donors (Lipinski definition) is 2. The van der Waals surface area contributed by atoms with Crippen LogP contribution in [0.2, 0.25) is 0 Å². The van der Waals surface area contributed by atoms with Crippen LogP contribution in [0.15, 0.2) is 42.5 Å². The third kappa shape index (κ3) is 7.14. The Kier molecular flexibility index (Phi) is 7.65. The van der Waals surface area contributed by atoms with E-state index in [0.717, 1.165) is 5.75 Å². The SMILES string of the molecule is COc1ccc(NC(C)=O)cc1NC(=O)CCCOc1ccc(C(C)(C)C)cc1. The molecule has 156 valence electrons. The number of carbonyl (C=O) groups is 2. The first-order valence-corrected chi connectivity index (χ1v) is 9.68. The van der Waals surface area contributed by atoms with Gasteiger partial charge in [-0.15, -0.1) is 0 Å². The molecule has 0 aromatic heterocycles. The van der Waals surface area contributed by atoms with Crippen LogP contribution < -0.4 is 20.1 Å². The van der Waals surface area contributed by atoms with Gasteiger partial charge in [0.05, 0.1) is 19.4 Å². The van der Waals surface area contributed by atoms with Gasteiger partial charge in [0, 0.05) is 19.0 Å². The van der Waals surface area contributed by atoms with Gasteiger partial charge in [0.1, 0.15) is 11.5 Å². The van der Waals surface area contributed by atoms with E-state index in [9.17, 15) is 9.59 Å². The van der Waals surface area contributed by atoms with Gasteiger partial charge in [-0.05, 0) is 47.7 Å². The fourth-order valence-electron chi connectivity index (χ4n) is 2.77. The highest BCUT2D eigenvalue weighted by Gasteiger charge is 2.13. The monoisotopic (exact) mass is 398 g/mol. The van der Waals surface area contributed by atoms with Gasteiger partial charge in [0.15, 0.2) is 0 Å². The van der Waals surface area contributed by atoms with Gasteiger partial charge in [-0.25, -0.2) is 0 Å². The Morgan fingerprint density at radius 3 is 2.28 bits per heavy atom. The first-order chi connectivity index (χ1) is 13.7. The van der Waals surface area contributed by atoms with Crippen molar-refractivity contribution in [1.82, 2.24) is 0 Å². The van der Waals surface area contributed by atoms with Crippen molar-refractivity contribution < 1.29 is 19.1 Å². The summed E-state index contributed by atoms with van der Waals surface area (Å²) in [6.45, 7) is 8.39. The lowest BCUT2D eigenvalue weighted by Crippen LogP contribution is -2.14. The van der Waals surface area contributed by atoms with Crippen molar-refractivity contribution in [3.05, 3.63) is 48.0 Å². The Balaban J connectivity index is 1.83. The van der Waals surface area contributed by atoms with Gasteiger partial charge in [-0.2, -0.15) is 0 Å². The average Bonchev–Trinajstić information content (AvgIpc) is 2.65. The molecule has 2 rings (SSSR count). The first kappa shape index (κ1) is 22.3. The molecule has 0 bridgehead atoms. The van der Waals surface area contributed by atoms with Gasteiger partial charge >= 0.3 is 0 Å². The van der Waals surface area contributed by atoms with Crippen molar-refractivity contribution in [2.75, 3.05) is 24.4 Å². The number of carbonyl (C=O) groups excluding carboxylic acids is 2. The van der Waals surface area contributed by atoms with E-state index in [0.29, 0.717) is 36.6 Å². The van der Waals surface area contributed by atoms with Crippen molar-refractivity contribution in [1.29, 1.82) is 0 Å². The highest BCUT2D eigenvalue weighted by atomic mass is 16.5. The highest BCUT2D eigenvalue weighted by Crippen LogP contribution is 2.28. The van der Waals surface area contributed by atoms with Crippen molar-refractivity contribution in [3.63, 3.8) is 0 Å². The quantitative estimate of drug-likeness (QED) is 0.629. The largest absolute Gasteiger partial charge is 0.495 e. The summed E-state index contributed by atoms with van der Waals surface area (Å²) in [5.74, 6) is 1.00. The molecular formula is C23H30N2O4.